The fraction of sp³-hybridized carbons (Fsp3) is 0.409. The quantitative estimate of drug-likeness (QED) is 0.629. The van der Waals surface area contributed by atoms with E-state index in [1.54, 1.807) is 0 Å². The average Bonchev–Trinajstić information content (AvgIpc) is 2.77. The van der Waals surface area contributed by atoms with E-state index >= 15 is 0 Å². The number of carbonyl (C=O) groups excluding carboxylic acids is 1. The van der Waals surface area contributed by atoms with Crippen molar-refractivity contribution in [3.05, 3.63) is 65.2 Å². The van der Waals surface area contributed by atoms with Crippen molar-refractivity contribution in [2.75, 3.05) is 19.6 Å². The van der Waals surface area contributed by atoms with Crippen molar-refractivity contribution in [3.63, 3.8) is 0 Å². The number of hydrogen-bond donors (Lipinski definition) is 2. The van der Waals surface area contributed by atoms with Crippen molar-refractivity contribution in [1.29, 1.82) is 0 Å². The molecule has 2 N–H and O–H groups in total. The zero-order valence-electron chi connectivity index (χ0n) is 18.2. The van der Waals surface area contributed by atoms with Crippen molar-refractivity contribution < 1.29 is 26.4 Å². The van der Waals surface area contributed by atoms with Gasteiger partial charge in [0, 0.05) is 26.2 Å². The molecule has 1 saturated heterocycles. The van der Waals surface area contributed by atoms with Gasteiger partial charge in [-0.25, -0.2) is 8.42 Å². The summed E-state index contributed by atoms with van der Waals surface area (Å²) in [5.74, 6) is -0.0865. The summed E-state index contributed by atoms with van der Waals surface area (Å²) < 4.78 is 65.6. The number of nitrogens with zero attached hydrogens (tertiary/aromatic N) is 1. The third-order valence-electron chi connectivity index (χ3n) is 5.40. The van der Waals surface area contributed by atoms with E-state index in [1.807, 2.05) is 24.3 Å². The highest BCUT2D eigenvalue weighted by atomic mass is 35.5. The van der Waals surface area contributed by atoms with Crippen LogP contribution < -0.4 is 10.6 Å². The summed E-state index contributed by atoms with van der Waals surface area (Å²) in [6.07, 6.45) is -4.56. The summed E-state index contributed by atoms with van der Waals surface area (Å²) in [5.41, 5.74) is 1.11. The lowest BCUT2D eigenvalue weighted by Gasteiger charge is -2.34. The van der Waals surface area contributed by atoms with Crippen LogP contribution in [-0.2, 0) is 27.5 Å². The van der Waals surface area contributed by atoms with Gasteiger partial charge in [-0.05, 0) is 41.3 Å². The molecule has 11 heteroatoms. The molecule has 2 aromatic rings. The molecule has 182 valence electrons. The van der Waals surface area contributed by atoms with E-state index in [-0.39, 0.29) is 36.9 Å². The molecule has 3 rings (SSSR count). The van der Waals surface area contributed by atoms with Crippen molar-refractivity contribution in [1.82, 2.24) is 14.9 Å². The molecule has 0 spiro atoms. The maximum atomic E-state index is 13.1. The summed E-state index contributed by atoms with van der Waals surface area (Å²) >= 11 is 0. The van der Waals surface area contributed by atoms with Gasteiger partial charge in [-0.1, -0.05) is 38.1 Å². The maximum absolute atomic E-state index is 13.1. The van der Waals surface area contributed by atoms with Crippen LogP contribution in [0.2, 0.25) is 0 Å². The monoisotopic (exact) mass is 505 g/mol. The second-order valence-corrected chi connectivity index (χ2v) is 9.86. The molecule has 0 unspecified atom stereocenters. The molecule has 1 atom stereocenters. The zero-order chi connectivity index (χ0) is 23.5. The SMILES string of the molecule is CC(C)c1ccc(CNC(=O)[C@H]2CNCCN2S(=O)(=O)c2ccc(C(F)(F)F)cc2)cc1.Cl. The second-order valence-electron chi connectivity index (χ2n) is 7.97. The first-order chi connectivity index (χ1) is 15.0. The maximum Gasteiger partial charge on any atom is 0.416 e. The molecule has 0 bridgehead atoms. The van der Waals surface area contributed by atoms with Gasteiger partial charge >= 0.3 is 6.18 Å². The number of rotatable bonds is 6. The first-order valence-corrected chi connectivity index (χ1v) is 11.7. The summed E-state index contributed by atoms with van der Waals surface area (Å²) in [5, 5.41) is 5.77. The molecule has 1 aliphatic heterocycles. The molecule has 1 aliphatic rings. The zero-order valence-corrected chi connectivity index (χ0v) is 19.9. The minimum Gasteiger partial charge on any atom is -0.351 e. The first-order valence-electron chi connectivity index (χ1n) is 10.3. The molecule has 0 aliphatic carbocycles. The average molecular weight is 506 g/mol. The summed E-state index contributed by atoms with van der Waals surface area (Å²) in [4.78, 5) is 12.5. The van der Waals surface area contributed by atoms with E-state index < -0.39 is 33.7 Å². The van der Waals surface area contributed by atoms with Crippen LogP contribution in [0, 0.1) is 0 Å². The minimum absolute atomic E-state index is 0. The van der Waals surface area contributed by atoms with Crippen LogP contribution in [0.3, 0.4) is 0 Å². The molecule has 6 nitrogen and oxygen atoms in total. The van der Waals surface area contributed by atoms with E-state index in [2.05, 4.69) is 24.5 Å². The molecule has 2 aromatic carbocycles. The van der Waals surface area contributed by atoms with Crippen LogP contribution in [0.15, 0.2) is 53.4 Å². The molecule has 0 saturated carbocycles. The number of alkyl halides is 3. The Morgan fingerprint density at radius 1 is 1.12 bits per heavy atom. The molecule has 1 fully saturated rings. The standard InChI is InChI=1S/C22H26F3N3O3S.ClH/c1-15(2)17-5-3-16(4-6-17)13-27-21(29)20-14-26-11-12-28(20)32(30,31)19-9-7-18(8-10-19)22(23,24)25;/h3-10,15,20,26H,11-14H2,1-2H3,(H,27,29);1H/t20-;/m1./s1. The molecule has 0 aromatic heterocycles. The van der Waals surface area contributed by atoms with Gasteiger partial charge < -0.3 is 10.6 Å². The lowest BCUT2D eigenvalue weighted by Crippen LogP contribution is -2.59. The number of sulfonamides is 1. The lowest BCUT2D eigenvalue weighted by molar-refractivity contribution is -0.137. The Balaban J connectivity index is 0.00000385. The third-order valence-corrected chi connectivity index (χ3v) is 7.32. The van der Waals surface area contributed by atoms with Crippen LogP contribution in [-0.4, -0.2) is 44.3 Å². The Morgan fingerprint density at radius 2 is 1.73 bits per heavy atom. The van der Waals surface area contributed by atoms with Gasteiger partial charge in [-0.3, -0.25) is 4.79 Å². The fourth-order valence-electron chi connectivity index (χ4n) is 3.48. The minimum atomic E-state index is -4.56. The highest BCUT2D eigenvalue weighted by Gasteiger charge is 2.38. The Kier molecular flexibility index (Phi) is 8.92. The fourth-order valence-corrected chi connectivity index (χ4v) is 5.06. The number of amides is 1. The third kappa shape index (κ3) is 6.47. The molecular weight excluding hydrogens is 479 g/mol. The van der Waals surface area contributed by atoms with E-state index in [1.165, 1.54) is 5.56 Å². The number of piperazine rings is 1. The van der Waals surface area contributed by atoms with E-state index in [0.717, 1.165) is 34.1 Å². The van der Waals surface area contributed by atoms with E-state index in [0.29, 0.717) is 12.5 Å². The van der Waals surface area contributed by atoms with Gasteiger partial charge in [-0.2, -0.15) is 17.5 Å². The van der Waals surface area contributed by atoms with Crippen molar-refractivity contribution in [2.45, 2.75) is 43.4 Å². The Morgan fingerprint density at radius 3 is 2.27 bits per heavy atom. The van der Waals surface area contributed by atoms with Gasteiger partial charge in [0.05, 0.1) is 10.5 Å². The number of benzene rings is 2. The largest absolute Gasteiger partial charge is 0.416 e. The molecule has 33 heavy (non-hydrogen) atoms. The van der Waals surface area contributed by atoms with Crippen LogP contribution in [0.1, 0.15) is 36.5 Å². The predicted molar refractivity (Wildman–Crippen MR) is 122 cm³/mol. The smallest absolute Gasteiger partial charge is 0.351 e. The van der Waals surface area contributed by atoms with Crippen molar-refractivity contribution >= 4 is 28.3 Å². The molecular formula is C22H27ClF3N3O3S. The van der Waals surface area contributed by atoms with Crippen LogP contribution >= 0.6 is 12.4 Å². The highest BCUT2D eigenvalue weighted by molar-refractivity contribution is 7.89. The predicted octanol–water partition coefficient (Wildman–Crippen LogP) is 3.53. The number of halogens is 4. The Hall–Kier alpha value is -2.14. The summed E-state index contributed by atoms with van der Waals surface area (Å²) in [6.45, 7) is 4.88. The van der Waals surface area contributed by atoms with Crippen LogP contribution in [0.25, 0.3) is 0 Å². The van der Waals surface area contributed by atoms with E-state index in [9.17, 15) is 26.4 Å². The molecule has 1 heterocycles. The topological polar surface area (TPSA) is 78.5 Å². The Labute approximate surface area is 198 Å². The van der Waals surface area contributed by atoms with Gasteiger partial charge in [0.1, 0.15) is 6.04 Å². The summed E-state index contributed by atoms with van der Waals surface area (Å²) in [6, 6.07) is 10.1. The van der Waals surface area contributed by atoms with Gasteiger partial charge in [-0.15, -0.1) is 12.4 Å². The number of hydrogen-bond acceptors (Lipinski definition) is 4. The van der Waals surface area contributed by atoms with Crippen molar-refractivity contribution in [2.24, 2.45) is 0 Å². The highest BCUT2D eigenvalue weighted by Crippen LogP contribution is 2.30. The first kappa shape index (κ1) is 27.1. The second kappa shape index (κ2) is 10.9. The number of nitrogens with one attached hydrogen (secondary N) is 2. The van der Waals surface area contributed by atoms with Gasteiger partial charge in [0.2, 0.25) is 15.9 Å². The number of carbonyl (C=O) groups is 1. The Bertz CT molecular complexity index is 1040. The molecule has 0 radical (unpaired) electrons. The van der Waals surface area contributed by atoms with E-state index in [4.69, 9.17) is 0 Å². The lowest BCUT2D eigenvalue weighted by atomic mass is 10.0. The van der Waals surface area contributed by atoms with Gasteiger partial charge in [0.25, 0.3) is 0 Å². The molecule has 1 amide bonds. The van der Waals surface area contributed by atoms with Crippen molar-refractivity contribution in [3.8, 4) is 0 Å². The van der Waals surface area contributed by atoms with Crippen LogP contribution in [0.4, 0.5) is 13.2 Å². The van der Waals surface area contributed by atoms with Crippen LogP contribution in [0.5, 0.6) is 0 Å². The van der Waals surface area contributed by atoms with Gasteiger partial charge in [0.15, 0.2) is 0 Å². The summed E-state index contributed by atoms with van der Waals surface area (Å²) in [7, 11) is -4.15. The normalized spacial score (nSPS) is 17.5.